The van der Waals surface area contributed by atoms with Crippen LogP contribution in [0.2, 0.25) is 0 Å². The highest BCUT2D eigenvalue weighted by Gasteiger charge is 2.25. The third kappa shape index (κ3) is 5.48. The molecule has 6 heteroatoms. The quantitative estimate of drug-likeness (QED) is 0.168. The monoisotopic (exact) mass is 805 g/mol. The SMILES string of the molecule is c1ccc(-c2nc(-c3cccc4oc5ccccc5c34)nc(-n3c4ccccc4c4ccc5c6ccccc6n(-c6ccc(-c7ccccc7)c(-c7ccccc7)c6)c5c43)n2)cc1. The van der Waals surface area contributed by atoms with Crippen LogP contribution < -0.4 is 0 Å². The molecule has 9 aromatic carbocycles. The van der Waals surface area contributed by atoms with Gasteiger partial charge in [0, 0.05) is 49.1 Å². The first-order valence-electron chi connectivity index (χ1n) is 21.2. The Morgan fingerprint density at radius 1 is 0.333 bits per heavy atom. The highest BCUT2D eigenvalue weighted by atomic mass is 16.3. The Labute approximate surface area is 361 Å². The summed E-state index contributed by atoms with van der Waals surface area (Å²) in [6.45, 7) is 0. The highest BCUT2D eigenvalue weighted by Crippen LogP contribution is 2.44. The molecule has 4 aromatic heterocycles. The Morgan fingerprint density at radius 3 is 1.57 bits per heavy atom. The minimum atomic E-state index is 0.531. The third-order valence-corrected chi connectivity index (χ3v) is 12.4. The lowest BCUT2D eigenvalue weighted by Gasteiger charge is -2.16. The fraction of sp³-hybridized carbons (Fsp3) is 0. The van der Waals surface area contributed by atoms with E-state index in [9.17, 15) is 0 Å². The second kappa shape index (κ2) is 14.0. The first-order chi connectivity index (χ1) is 31.3. The van der Waals surface area contributed by atoms with E-state index in [1.165, 1.54) is 16.5 Å². The number of rotatable bonds is 6. The van der Waals surface area contributed by atoms with Crippen LogP contribution in [0, 0.1) is 0 Å². The molecular weight excluding hydrogens is 771 g/mol. The van der Waals surface area contributed by atoms with E-state index in [2.05, 4.69) is 173 Å². The molecule has 0 aliphatic rings. The van der Waals surface area contributed by atoms with E-state index in [0.717, 1.165) is 88.1 Å². The normalized spacial score (nSPS) is 11.8. The van der Waals surface area contributed by atoms with Gasteiger partial charge in [0.05, 0.1) is 22.1 Å². The molecule has 0 unspecified atom stereocenters. The number of aromatic nitrogens is 5. The second-order valence-electron chi connectivity index (χ2n) is 16.0. The van der Waals surface area contributed by atoms with Crippen LogP contribution in [0.5, 0.6) is 0 Å². The Kier molecular flexibility index (Phi) is 7.80. The number of para-hydroxylation sites is 3. The van der Waals surface area contributed by atoms with Gasteiger partial charge in [-0.3, -0.25) is 4.57 Å². The molecule has 0 amide bonds. The first-order valence-corrected chi connectivity index (χ1v) is 21.2. The topological polar surface area (TPSA) is 61.7 Å². The predicted octanol–water partition coefficient (Wildman–Crippen LogP) is 14.6. The lowest BCUT2D eigenvalue weighted by Crippen LogP contribution is -2.07. The summed E-state index contributed by atoms with van der Waals surface area (Å²) in [6, 6.07) is 74.5. The average Bonchev–Trinajstić information content (AvgIpc) is 4.02. The van der Waals surface area contributed by atoms with E-state index >= 15 is 0 Å². The standard InChI is InChI=1S/C57H35N5O/c1-4-17-36(18-5-1)40-32-31-39(35-47(40)37-19-6-2-7-20-37)61-48-27-13-10-23-41(48)43-33-34-44-42-24-11-14-28-49(42)62(54(44)53(43)61)57-59-55(38-21-8-3-9-22-38)58-56(60-57)46-26-16-30-51-52(46)45-25-12-15-29-50(45)63-51/h1-35H. The van der Waals surface area contributed by atoms with Crippen molar-refractivity contribution in [3.8, 4) is 56.7 Å². The van der Waals surface area contributed by atoms with E-state index in [4.69, 9.17) is 19.4 Å². The van der Waals surface area contributed by atoms with Crippen LogP contribution in [-0.2, 0) is 0 Å². The summed E-state index contributed by atoms with van der Waals surface area (Å²) in [5, 5.41) is 6.52. The van der Waals surface area contributed by atoms with E-state index in [-0.39, 0.29) is 0 Å². The van der Waals surface area contributed by atoms with Crippen LogP contribution >= 0.6 is 0 Å². The summed E-state index contributed by atoms with van der Waals surface area (Å²) in [7, 11) is 0. The molecule has 294 valence electrons. The van der Waals surface area contributed by atoms with Crippen LogP contribution in [0.25, 0.3) is 122 Å². The van der Waals surface area contributed by atoms with Crippen molar-refractivity contribution in [3.05, 3.63) is 212 Å². The van der Waals surface area contributed by atoms with Gasteiger partial charge in [-0.15, -0.1) is 0 Å². The van der Waals surface area contributed by atoms with Crippen molar-refractivity contribution in [2.24, 2.45) is 0 Å². The molecule has 0 N–H and O–H groups in total. The van der Waals surface area contributed by atoms with Gasteiger partial charge in [-0.25, -0.2) is 4.98 Å². The van der Waals surface area contributed by atoms with Gasteiger partial charge in [0.1, 0.15) is 11.2 Å². The summed E-state index contributed by atoms with van der Waals surface area (Å²) < 4.78 is 11.1. The van der Waals surface area contributed by atoms with E-state index in [0.29, 0.717) is 17.6 Å². The molecule has 0 bridgehead atoms. The van der Waals surface area contributed by atoms with Gasteiger partial charge in [-0.1, -0.05) is 176 Å². The lowest BCUT2D eigenvalue weighted by atomic mass is 9.94. The van der Waals surface area contributed by atoms with Crippen LogP contribution in [-0.4, -0.2) is 24.1 Å². The fourth-order valence-corrected chi connectivity index (χ4v) is 9.64. The van der Waals surface area contributed by atoms with Gasteiger partial charge in [0.25, 0.3) is 0 Å². The minimum absolute atomic E-state index is 0.531. The number of benzene rings is 9. The smallest absolute Gasteiger partial charge is 0.238 e. The summed E-state index contributed by atoms with van der Waals surface area (Å²) in [6.07, 6.45) is 0. The third-order valence-electron chi connectivity index (χ3n) is 12.4. The van der Waals surface area contributed by atoms with E-state index in [1.807, 2.05) is 48.5 Å². The fourth-order valence-electron chi connectivity index (χ4n) is 9.64. The van der Waals surface area contributed by atoms with Gasteiger partial charge in [-0.2, -0.15) is 9.97 Å². The average molecular weight is 806 g/mol. The van der Waals surface area contributed by atoms with Crippen molar-refractivity contribution in [1.29, 1.82) is 0 Å². The predicted molar refractivity (Wildman–Crippen MR) is 258 cm³/mol. The second-order valence-corrected chi connectivity index (χ2v) is 16.0. The summed E-state index contributed by atoms with van der Waals surface area (Å²) in [5.41, 5.74) is 13.3. The number of fused-ring (bicyclic) bond motifs is 10. The van der Waals surface area contributed by atoms with Crippen molar-refractivity contribution in [2.45, 2.75) is 0 Å². The largest absolute Gasteiger partial charge is 0.456 e. The minimum Gasteiger partial charge on any atom is -0.456 e. The Morgan fingerprint density at radius 2 is 0.873 bits per heavy atom. The van der Waals surface area contributed by atoms with Gasteiger partial charge in [-0.05, 0) is 58.7 Å². The Bertz CT molecular complexity index is 3900. The molecule has 63 heavy (non-hydrogen) atoms. The molecule has 0 aliphatic heterocycles. The molecule has 0 spiro atoms. The van der Waals surface area contributed by atoms with Crippen molar-refractivity contribution in [3.63, 3.8) is 0 Å². The van der Waals surface area contributed by atoms with Gasteiger partial charge in [0.2, 0.25) is 5.95 Å². The van der Waals surface area contributed by atoms with Crippen molar-refractivity contribution < 1.29 is 4.42 Å². The Balaban J connectivity index is 1.15. The molecule has 4 heterocycles. The summed E-state index contributed by atoms with van der Waals surface area (Å²) in [5.74, 6) is 1.69. The zero-order valence-electron chi connectivity index (χ0n) is 33.9. The van der Waals surface area contributed by atoms with Gasteiger partial charge < -0.3 is 8.98 Å². The maximum atomic E-state index is 6.37. The number of nitrogens with zero attached hydrogens (tertiary/aromatic N) is 5. The number of furan rings is 1. The highest BCUT2D eigenvalue weighted by molar-refractivity contribution is 6.24. The Hall–Kier alpha value is -8.61. The zero-order valence-corrected chi connectivity index (χ0v) is 33.9. The molecule has 0 atom stereocenters. The van der Waals surface area contributed by atoms with Gasteiger partial charge in [0.15, 0.2) is 11.6 Å². The van der Waals surface area contributed by atoms with Crippen molar-refractivity contribution in [2.75, 3.05) is 0 Å². The summed E-state index contributed by atoms with van der Waals surface area (Å²) >= 11 is 0. The first kappa shape index (κ1) is 35.2. The molecule has 0 fully saturated rings. The van der Waals surface area contributed by atoms with Crippen molar-refractivity contribution in [1.82, 2.24) is 24.1 Å². The molecule has 6 nitrogen and oxygen atoms in total. The molecule has 0 aliphatic carbocycles. The maximum absolute atomic E-state index is 6.37. The van der Waals surface area contributed by atoms with Crippen LogP contribution in [0.15, 0.2) is 217 Å². The van der Waals surface area contributed by atoms with Crippen molar-refractivity contribution >= 4 is 65.6 Å². The van der Waals surface area contributed by atoms with Crippen LogP contribution in [0.1, 0.15) is 0 Å². The molecule has 0 saturated carbocycles. The van der Waals surface area contributed by atoms with Gasteiger partial charge >= 0.3 is 0 Å². The molecule has 13 rings (SSSR count). The summed E-state index contributed by atoms with van der Waals surface area (Å²) in [4.78, 5) is 16.1. The van der Waals surface area contributed by atoms with Crippen LogP contribution in [0.4, 0.5) is 0 Å². The zero-order chi connectivity index (χ0) is 41.4. The van der Waals surface area contributed by atoms with Crippen LogP contribution in [0.3, 0.4) is 0 Å². The van der Waals surface area contributed by atoms with E-state index < -0.39 is 0 Å². The molecule has 0 radical (unpaired) electrons. The van der Waals surface area contributed by atoms with E-state index in [1.54, 1.807) is 0 Å². The lowest BCUT2D eigenvalue weighted by molar-refractivity contribution is 0.669. The molecular formula is C57H35N5O. The molecule has 13 aromatic rings. The maximum Gasteiger partial charge on any atom is 0.238 e. The number of hydrogen-bond donors (Lipinski definition) is 0. The number of hydrogen-bond acceptors (Lipinski definition) is 4. The molecule has 0 saturated heterocycles.